The quantitative estimate of drug-likeness (QED) is 0.666. The maximum atomic E-state index is 5.97. The third kappa shape index (κ3) is 3.95. The van der Waals surface area contributed by atoms with Gasteiger partial charge in [0.1, 0.15) is 18.2 Å². The molecule has 1 aromatic heterocycles. The summed E-state index contributed by atoms with van der Waals surface area (Å²) in [7, 11) is 0. The summed E-state index contributed by atoms with van der Waals surface area (Å²) < 4.78 is 5.97. The molecule has 0 fully saturated rings. The Morgan fingerprint density at radius 1 is 1.19 bits per heavy atom. The number of nitrogens with two attached hydrogens (primary N) is 1. The largest absolute Gasteiger partial charge is 0.487 e. The zero-order valence-corrected chi connectivity index (χ0v) is 13.1. The van der Waals surface area contributed by atoms with Crippen LogP contribution in [0.15, 0.2) is 36.4 Å². The molecule has 0 unspecified atom stereocenters. The summed E-state index contributed by atoms with van der Waals surface area (Å²) in [5.41, 5.74) is 5.86. The Morgan fingerprint density at radius 3 is 2.62 bits per heavy atom. The summed E-state index contributed by atoms with van der Waals surface area (Å²) in [5, 5.41) is 0. The van der Waals surface area contributed by atoms with Gasteiger partial charge in [-0.15, -0.1) is 0 Å². The SMILES string of the molecule is Cc1ccc(OCc2cccc(NN)n2)c(C(C)(C)C)c1. The minimum Gasteiger partial charge on any atom is -0.487 e. The van der Waals surface area contributed by atoms with E-state index in [0.29, 0.717) is 12.4 Å². The lowest BCUT2D eigenvalue weighted by molar-refractivity contribution is 0.293. The molecule has 1 aromatic carbocycles. The fourth-order valence-electron chi connectivity index (χ4n) is 2.15. The zero-order chi connectivity index (χ0) is 15.5. The number of pyridine rings is 1. The molecule has 2 rings (SSSR count). The van der Waals surface area contributed by atoms with E-state index in [0.717, 1.165) is 11.4 Å². The second kappa shape index (κ2) is 6.14. The first-order chi connectivity index (χ1) is 9.90. The average molecular weight is 285 g/mol. The molecular weight excluding hydrogens is 262 g/mol. The molecule has 0 bridgehead atoms. The van der Waals surface area contributed by atoms with Crippen molar-refractivity contribution in [2.24, 2.45) is 5.84 Å². The van der Waals surface area contributed by atoms with Gasteiger partial charge in [-0.25, -0.2) is 10.8 Å². The molecule has 0 aliphatic rings. The predicted octanol–water partition coefficient (Wildman–Crippen LogP) is 3.55. The lowest BCUT2D eigenvalue weighted by Gasteiger charge is -2.23. The number of ether oxygens (including phenoxy) is 1. The van der Waals surface area contributed by atoms with E-state index in [2.05, 4.69) is 50.2 Å². The van der Waals surface area contributed by atoms with Crippen LogP contribution in [0.2, 0.25) is 0 Å². The molecule has 112 valence electrons. The van der Waals surface area contributed by atoms with Crippen LogP contribution in [0.25, 0.3) is 0 Å². The second-order valence-corrected chi connectivity index (χ2v) is 6.20. The monoisotopic (exact) mass is 285 g/mol. The standard InChI is InChI=1S/C17H23N3O/c1-12-8-9-15(14(10-12)17(2,3)4)21-11-13-6-5-7-16(19-13)20-18/h5-10H,11,18H2,1-4H3,(H,19,20). The van der Waals surface area contributed by atoms with Gasteiger partial charge in [0.2, 0.25) is 0 Å². The van der Waals surface area contributed by atoms with Crippen LogP contribution in [0.5, 0.6) is 5.75 Å². The van der Waals surface area contributed by atoms with Crippen LogP contribution in [0.3, 0.4) is 0 Å². The number of hydrogen-bond acceptors (Lipinski definition) is 4. The van der Waals surface area contributed by atoms with E-state index in [1.165, 1.54) is 11.1 Å². The number of benzene rings is 1. The van der Waals surface area contributed by atoms with Crippen LogP contribution < -0.4 is 16.0 Å². The lowest BCUT2D eigenvalue weighted by Crippen LogP contribution is -2.14. The number of nitrogen functional groups attached to an aromatic ring is 1. The van der Waals surface area contributed by atoms with E-state index >= 15 is 0 Å². The van der Waals surface area contributed by atoms with Crippen molar-refractivity contribution >= 4 is 5.82 Å². The van der Waals surface area contributed by atoms with Gasteiger partial charge < -0.3 is 10.2 Å². The van der Waals surface area contributed by atoms with Crippen LogP contribution in [-0.4, -0.2) is 4.98 Å². The summed E-state index contributed by atoms with van der Waals surface area (Å²) >= 11 is 0. The number of aryl methyl sites for hydroxylation is 1. The summed E-state index contributed by atoms with van der Waals surface area (Å²) in [5.74, 6) is 6.91. The molecule has 2 aromatic rings. The molecule has 4 nitrogen and oxygen atoms in total. The van der Waals surface area contributed by atoms with E-state index in [4.69, 9.17) is 10.6 Å². The predicted molar refractivity (Wildman–Crippen MR) is 86.3 cm³/mol. The fraction of sp³-hybridized carbons (Fsp3) is 0.353. The molecule has 3 N–H and O–H groups in total. The highest BCUT2D eigenvalue weighted by Crippen LogP contribution is 2.32. The van der Waals surface area contributed by atoms with Gasteiger partial charge in [0, 0.05) is 0 Å². The highest BCUT2D eigenvalue weighted by Gasteiger charge is 2.19. The Kier molecular flexibility index (Phi) is 4.48. The molecular formula is C17H23N3O. The van der Waals surface area contributed by atoms with Gasteiger partial charge in [-0.3, -0.25) is 0 Å². The molecule has 0 aliphatic carbocycles. The molecule has 0 amide bonds. The smallest absolute Gasteiger partial charge is 0.140 e. The Morgan fingerprint density at radius 2 is 1.95 bits per heavy atom. The Bertz CT molecular complexity index is 618. The Labute approximate surface area is 126 Å². The maximum Gasteiger partial charge on any atom is 0.140 e. The first kappa shape index (κ1) is 15.3. The lowest BCUT2D eigenvalue weighted by atomic mass is 9.85. The van der Waals surface area contributed by atoms with Crippen molar-refractivity contribution in [1.82, 2.24) is 4.98 Å². The summed E-state index contributed by atoms with van der Waals surface area (Å²) in [6.45, 7) is 9.07. The van der Waals surface area contributed by atoms with Gasteiger partial charge in [0.15, 0.2) is 0 Å². The molecule has 21 heavy (non-hydrogen) atoms. The first-order valence-corrected chi connectivity index (χ1v) is 7.06. The van der Waals surface area contributed by atoms with Crippen LogP contribution in [0, 0.1) is 6.92 Å². The van der Waals surface area contributed by atoms with Gasteiger partial charge >= 0.3 is 0 Å². The summed E-state index contributed by atoms with van der Waals surface area (Å²) in [6.07, 6.45) is 0. The maximum absolute atomic E-state index is 5.97. The number of hydrazine groups is 1. The van der Waals surface area contributed by atoms with E-state index in [1.807, 2.05) is 24.3 Å². The van der Waals surface area contributed by atoms with Gasteiger partial charge in [0.05, 0.1) is 5.69 Å². The highest BCUT2D eigenvalue weighted by atomic mass is 16.5. The van der Waals surface area contributed by atoms with Crippen LogP contribution >= 0.6 is 0 Å². The van der Waals surface area contributed by atoms with Crippen molar-refractivity contribution in [3.63, 3.8) is 0 Å². The van der Waals surface area contributed by atoms with E-state index in [-0.39, 0.29) is 5.41 Å². The van der Waals surface area contributed by atoms with Crippen molar-refractivity contribution in [2.75, 3.05) is 5.43 Å². The molecule has 0 saturated carbocycles. The van der Waals surface area contributed by atoms with Crippen molar-refractivity contribution in [2.45, 2.75) is 39.7 Å². The number of hydrogen-bond donors (Lipinski definition) is 2. The molecule has 0 spiro atoms. The van der Waals surface area contributed by atoms with Crippen LogP contribution in [-0.2, 0) is 12.0 Å². The van der Waals surface area contributed by atoms with Crippen molar-refractivity contribution in [1.29, 1.82) is 0 Å². The number of nitrogens with one attached hydrogen (secondary N) is 1. The van der Waals surface area contributed by atoms with E-state index in [9.17, 15) is 0 Å². The third-order valence-corrected chi connectivity index (χ3v) is 3.27. The highest BCUT2D eigenvalue weighted by molar-refractivity contribution is 5.41. The summed E-state index contributed by atoms with van der Waals surface area (Å²) in [4.78, 5) is 4.35. The van der Waals surface area contributed by atoms with Gasteiger partial charge in [-0.1, -0.05) is 44.5 Å². The fourth-order valence-corrected chi connectivity index (χ4v) is 2.15. The van der Waals surface area contributed by atoms with E-state index < -0.39 is 0 Å². The van der Waals surface area contributed by atoms with Crippen LogP contribution in [0.1, 0.15) is 37.6 Å². The first-order valence-electron chi connectivity index (χ1n) is 7.06. The van der Waals surface area contributed by atoms with E-state index in [1.54, 1.807) is 0 Å². The number of nitrogens with zero attached hydrogens (tertiary/aromatic N) is 1. The van der Waals surface area contributed by atoms with Crippen molar-refractivity contribution in [3.8, 4) is 5.75 Å². The Hall–Kier alpha value is -2.07. The van der Waals surface area contributed by atoms with Crippen LogP contribution in [0.4, 0.5) is 5.82 Å². The molecule has 0 aliphatic heterocycles. The number of anilines is 1. The molecule has 0 atom stereocenters. The molecule has 0 radical (unpaired) electrons. The molecule has 1 heterocycles. The normalized spacial score (nSPS) is 11.3. The van der Waals surface area contributed by atoms with Gasteiger partial charge in [-0.2, -0.15) is 0 Å². The second-order valence-electron chi connectivity index (χ2n) is 6.20. The topological polar surface area (TPSA) is 60.2 Å². The van der Waals surface area contributed by atoms with Crippen molar-refractivity contribution < 1.29 is 4.74 Å². The zero-order valence-electron chi connectivity index (χ0n) is 13.1. The average Bonchev–Trinajstić information content (AvgIpc) is 2.45. The molecule has 4 heteroatoms. The number of aromatic nitrogens is 1. The minimum absolute atomic E-state index is 0.0371. The van der Waals surface area contributed by atoms with Gasteiger partial charge in [-0.05, 0) is 36.1 Å². The third-order valence-electron chi connectivity index (χ3n) is 3.27. The number of rotatable bonds is 4. The van der Waals surface area contributed by atoms with Crippen molar-refractivity contribution in [3.05, 3.63) is 53.2 Å². The summed E-state index contributed by atoms with van der Waals surface area (Å²) in [6, 6.07) is 11.9. The minimum atomic E-state index is 0.0371. The van der Waals surface area contributed by atoms with Gasteiger partial charge in [0.25, 0.3) is 0 Å². The molecule has 0 saturated heterocycles. The Balaban J connectivity index is 2.20.